The second-order valence-electron chi connectivity index (χ2n) is 4.10. The minimum absolute atomic E-state index is 0.0184. The third-order valence-electron chi connectivity index (χ3n) is 2.68. The summed E-state index contributed by atoms with van der Waals surface area (Å²) in [4.78, 5) is 10.9. The summed E-state index contributed by atoms with van der Waals surface area (Å²) in [5.41, 5.74) is 0.775. The van der Waals surface area contributed by atoms with Gasteiger partial charge < -0.3 is 5.11 Å². The summed E-state index contributed by atoms with van der Waals surface area (Å²) in [6.07, 6.45) is 3.07. The Balaban J connectivity index is 2.60. The topological polar surface area (TPSA) is 71.4 Å². The molecule has 1 N–H and O–H groups in total. The molecule has 1 aliphatic rings. The van der Waals surface area contributed by atoms with E-state index in [0.29, 0.717) is 0 Å². The lowest BCUT2D eigenvalue weighted by atomic mass is 10.1. The zero-order valence-corrected chi connectivity index (χ0v) is 9.62. The van der Waals surface area contributed by atoms with Gasteiger partial charge in [0.1, 0.15) is 0 Å². The molecule has 0 aliphatic heterocycles. The van der Waals surface area contributed by atoms with Crippen LogP contribution < -0.4 is 0 Å². The highest BCUT2D eigenvalue weighted by atomic mass is 32.2. The molecule has 0 amide bonds. The van der Waals surface area contributed by atoms with Crippen LogP contribution in [0.15, 0.2) is 23.1 Å². The van der Waals surface area contributed by atoms with Crippen LogP contribution in [0.4, 0.5) is 0 Å². The van der Waals surface area contributed by atoms with Crippen LogP contribution in [0.25, 0.3) is 0 Å². The van der Waals surface area contributed by atoms with E-state index < -0.39 is 15.8 Å². The van der Waals surface area contributed by atoms with E-state index in [0.717, 1.165) is 24.7 Å². The van der Waals surface area contributed by atoms with Gasteiger partial charge in [0.25, 0.3) is 0 Å². The Kier molecular flexibility index (Phi) is 2.50. The first kappa shape index (κ1) is 11.1. The van der Waals surface area contributed by atoms with Gasteiger partial charge in [0.05, 0.1) is 10.5 Å². The average molecular weight is 240 g/mol. The zero-order valence-electron chi connectivity index (χ0n) is 8.80. The number of sulfone groups is 1. The van der Waals surface area contributed by atoms with Gasteiger partial charge >= 0.3 is 5.97 Å². The van der Waals surface area contributed by atoms with Gasteiger partial charge in [0.2, 0.25) is 0 Å². The van der Waals surface area contributed by atoms with E-state index in [1.165, 1.54) is 12.1 Å². The maximum absolute atomic E-state index is 11.6. The van der Waals surface area contributed by atoms with E-state index in [1.807, 2.05) is 0 Å². The van der Waals surface area contributed by atoms with Crippen molar-refractivity contribution in [3.63, 3.8) is 0 Å². The van der Waals surface area contributed by atoms with E-state index in [9.17, 15) is 13.2 Å². The monoisotopic (exact) mass is 240 g/mol. The molecule has 5 heteroatoms. The summed E-state index contributed by atoms with van der Waals surface area (Å²) in [7, 11) is -3.36. The van der Waals surface area contributed by atoms with Crippen LogP contribution in [0.1, 0.15) is 34.7 Å². The highest BCUT2D eigenvalue weighted by Crippen LogP contribution is 2.43. The Morgan fingerprint density at radius 3 is 2.44 bits per heavy atom. The molecule has 0 spiro atoms. The van der Waals surface area contributed by atoms with Crippen LogP contribution >= 0.6 is 0 Å². The molecule has 0 heterocycles. The van der Waals surface area contributed by atoms with Crippen LogP contribution in [0, 0.1) is 0 Å². The molecule has 0 aromatic heterocycles. The van der Waals surface area contributed by atoms with Crippen LogP contribution in [0.2, 0.25) is 0 Å². The normalized spacial score (nSPS) is 16.1. The first-order chi connectivity index (χ1) is 7.39. The van der Waals surface area contributed by atoms with E-state index in [-0.39, 0.29) is 16.4 Å². The molecule has 0 radical (unpaired) electrons. The summed E-state index contributed by atoms with van der Waals surface area (Å²) < 4.78 is 23.1. The van der Waals surface area contributed by atoms with Gasteiger partial charge in [-0.3, -0.25) is 0 Å². The fourth-order valence-electron chi connectivity index (χ4n) is 1.72. The smallest absolute Gasteiger partial charge is 0.335 e. The van der Waals surface area contributed by atoms with E-state index >= 15 is 0 Å². The van der Waals surface area contributed by atoms with Crippen LogP contribution in [0.3, 0.4) is 0 Å². The Morgan fingerprint density at radius 1 is 1.38 bits per heavy atom. The number of carboxylic acids is 1. The number of rotatable bonds is 3. The predicted octanol–water partition coefficient (Wildman–Crippen LogP) is 1.67. The largest absolute Gasteiger partial charge is 0.478 e. The van der Waals surface area contributed by atoms with Gasteiger partial charge in [-0.05, 0) is 36.5 Å². The molecule has 1 fully saturated rings. The molecule has 1 aromatic rings. The molecule has 1 aliphatic carbocycles. The molecular weight excluding hydrogens is 228 g/mol. The predicted molar refractivity (Wildman–Crippen MR) is 58.5 cm³/mol. The second kappa shape index (κ2) is 3.59. The molecule has 0 unspecified atom stereocenters. The lowest BCUT2D eigenvalue weighted by molar-refractivity contribution is 0.0696. The minimum atomic E-state index is -3.36. The molecule has 86 valence electrons. The maximum Gasteiger partial charge on any atom is 0.335 e. The van der Waals surface area contributed by atoms with E-state index in [4.69, 9.17) is 5.11 Å². The molecule has 4 nitrogen and oxygen atoms in total. The van der Waals surface area contributed by atoms with Crippen molar-refractivity contribution in [2.24, 2.45) is 0 Å². The van der Waals surface area contributed by atoms with Crippen LogP contribution in [-0.4, -0.2) is 25.7 Å². The lowest BCUT2D eigenvalue weighted by Gasteiger charge is -2.07. The van der Waals surface area contributed by atoms with E-state index in [2.05, 4.69) is 0 Å². The minimum Gasteiger partial charge on any atom is -0.478 e. The summed E-state index contributed by atoms with van der Waals surface area (Å²) in [6.45, 7) is 0. The average Bonchev–Trinajstić information content (AvgIpc) is 2.98. The van der Waals surface area contributed by atoms with Crippen molar-refractivity contribution in [1.82, 2.24) is 0 Å². The van der Waals surface area contributed by atoms with Crippen molar-refractivity contribution in [2.45, 2.75) is 23.7 Å². The highest BCUT2D eigenvalue weighted by molar-refractivity contribution is 7.90. The quantitative estimate of drug-likeness (QED) is 0.872. The fraction of sp³-hybridized carbons (Fsp3) is 0.364. The van der Waals surface area contributed by atoms with Gasteiger partial charge in [0, 0.05) is 6.26 Å². The molecule has 0 atom stereocenters. The summed E-state index contributed by atoms with van der Waals surface area (Å²) in [5.74, 6) is -0.820. The Bertz CT molecular complexity index is 541. The SMILES string of the molecule is CS(=O)(=O)c1cc(C(=O)O)ccc1C1CC1. The Labute approximate surface area is 93.8 Å². The molecule has 0 bridgehead atoms. The fourth-order valence-corrected chi connectivity index (χ4v) is 2.72. The van der Waals surface area contributed by atoms with Crippen molar-refractivity contribution < 1.29 is 18.3 Å². The number of carbonyl (C=O) groups is 1. The summed E-state index contributed by atoms with van der Waals surface area (Å²) in [6, 6.07) is 4.34. The summed E-state index contributed by atoms with van der Waals surface area (Å²) >= 11 is 0. The van der Waals surface area contributed by atoms with Crippen molar-refractivity contribution >= 4 is 15.8 Å². The van der Waals surface area contributed by atoms with Crippen molar-refractivity contribution in [3.05, 3.63) is 29.3 Å². The lowest BCUT2D eigenvalue weighted by Crippen LogP contribution is -2.05. The van der Waals surface area contributed by atoms with Crippen LogP contribution in [0.5, 0.6) is 0 Å². The number of carboxylic acid groups (broad SMARTS) is 1. The molecular formula is C11H12O4S. The number of benzene rings is 1. The van der Waals surface area contributed by atoms with Gasteiger partial charge in [-0.1, -0.05) is 6.07 Å². The number of aromatic carboxylic acids is 1. The summed E-state index contributed by atoms with van der Waals surface area (Å²) in [5, 5.41) is 8.83. The third-order valence-corrected chi connectivity index (χ3v) is 3.83. The van der Waals surface area contributed by atoms with Crippen molar-refractivity contribution in [1.29, 1.82) is 0 Å². The third kappa shape index (κ3) is 2.09. The number of hydrogen-bond acceptors (Lipinski definition) is 3. The number of hydrogen-bond donors (Lipinski definition) is 1. The van der Waals surface area contributed by atoms with Gasteiger partial charge in [0.15, 0.2) is 9.84 Å². The van der Waals surface area contributed by atoms with Crippen molar-refractivity contribution in [2.75, 3.05) is 6.26 Å². The Hall–Kier alpha value is -1.36. The molecule has 1 aromatic carbocycles. The van der Waals surface area contributed by atoms with Crippen molar-refractivity contribution in [3.8, 4) is 0 Å². The maximum atomic E-state index is 11.6. The van der Waals surface area contributed by atoms with Gasteiger partial charge in [-0.2, -0.15) is 0 Å². The standard InChI is InChI=1S/C11H12O4S/c1-16(14,15)10-6-8(11(12)13)4-5-9(10)7-2-3-7/h4-7H,2-3H2,1H3,(H,12,13). The molecule has 2 rings (SSSR count). The first-order valence-corrected chi connectivity index (χ1v) is 6.86. The van der Waals surface area contributed by atoms with Crippen LogP contribution in [-0.2, 0) is 9.84 Å². The van der Waals surface area contributed by atoms with E-state index in [1.54, 1.807) is 6.07 Å². The molecule has 0 saturated heterocycles. The van der Waals surface area contributed by atoms with Gasteiger partial charge in [-0.15, -0.1) is 0 Å². The molecule has 1 saturated carbocycles. The second-order valence-corrected chi connectivity index (χ2v) is 6.09. The Morgan fingerprint density at radius 2 is 2.00 bits per heavy atom. The first-order valence-electron chi connectivity index (χ1n) is 4.97. The van der Waals surface area contributed by atoms with Gasteiger partial charge in [-0.25, -0.2) is 13.2 Å². The highest BCUT2D eigenvalue weighted by Gasteiger charge is 2.29. The zero-order chi connectivity index (χ0) is 11.9. The molecule has 16 heavy (non-hydrogen) atoms.